The number of rotatable bonds is 6. The van der Waals surface area contributed by atoms with Crippen LogP contribution in [0.3, 0.4) is 0 Å². The molecule has 2 N–H and O–H groups in total. The van der Waals surface area contributed by atoms with Crippen molar-refractivity contribution in [1.82, 2.24) is 4.90 Å². The second-order valence-electron chi connectivity index (χ2n) is 4.95. The third kappa shape index (κ3) is 3.85. The Morgan fingerprint density at radius 2 is 2.25 bits per heavy atom. The lowest BCUT2D eigenvalue weighted by molar-refractivity contribution is -0.0408. The number of hydrogen-bond donors (Lipinski definition) is 1. The highest BCUT2D eigenvalue weighted by Gasteiger charge is 2.19. The van der Waals surface area contributed by atoms with Crippen molar-refractivity contribution in [3.63, 3.8) is 0 Å². The highest BCUT2D eigenvalue weighted by atomic mass is 16.5. The summed E-state index contributed by atoms with van der Waals surface area (Å²) in [5.74, 6) is 1.49. The van der Waals surface area contributed by atoms with Gasteiger partial charge in [0.05, 0.1) is 13.2 Å². The summed E-state index contributed by atoms with van der Waals surface area (Å²) in [7, 11) is 2.09. The molecule has 1 saturated heterocycles. The van der Waals surface area contributed by atoms with Crippen molar-refractivity contribution >= 4 is 0 Å². The van der Waals surface area contributed by atoms with Gasteiger partial charge in [0, 0.05) is 25.2 Å². The highest BCUT2D eigenvalue weighted by molar-refractivity contribution is 5.46. The van der Waals surface area contributed by atoms with Gasteiger partial charge in [-0.1, -0.05) is 12.1 Å². The maximum atomic E-state index is 5.94. The van der Waals surface area contributed by atoms with Crippen molar-refractivity contribution in [2.24, 2.45) is 5.73 Å². The minimum atomic E-state index is 0.0917. The van der Waals surface area contributed by atoms with Crippen LogP contribution in [0.15, 0.2) is 18.2 Å². The number of hydrogen-bond acceptors (Lipinski definition) is 5. The molecule has 20 heavy (non-hydrogen) atoms. The number of likely N-dealkylation sites (N-methyl/N-ethyl adjacent to an activating group) is 1. The summed E-state index contributed by atoms with van der Waals surface area (Å²) in [5, 5.41) is 0. The second-order valence-corrected chi connectivity index (χ2v) is 4.95. The summed E-state index contributed by atoms with van der Waals surface area (Å²) in [6.45, 7) is 6.12. The quantitative estimate of drug-likeness (QED) is 0.850. The Hall–Kier alpha value is -1.30. The first kappa shape index (κ1) is 15.1. The molecule has 2 rings (SSSR count). The molecule has 1 unspecified atom stereocenters. The number of benzene rings is 1. The van der Waals surface area contributed by atoms with Crippen LogP contribution in [0, 0.1) is 0 Å². The molecule has 0 radical (unpaired) electrons. The molecule has 0 saturated carbocycles. The molecule has 5 heteroatoms. The Morgan fingerprint density at radius 1 is 1.40 bits per heavy atom. The molecule has 1 heterocycles. The molecule has 112 valence electrons. The lowest BCUT2D eigenvalue weighted by atomic mass is 10.2. The van der Waals surface area contributed by atoms with E-state index in [0.717, 1.165) is 36.8 Å². The van der Waals surface area contributed by atoms with Gasteiger partial charge in [0.25, 0.3) is 0 Å². The minimum Gasteiger partial charge on any atom is -0.490 e. The number of ether oxygens (including phenoxy) is 3. The predicted molar refractivity (Wildman–Crippen MR) is 78.2 cm³/mol. The molecule has 1 aromatic rings. The monoisotopic (exact) mass is 280 g/mol. The van der Waals surface area contributed by atoms with E-state index < -0.39 is 0 Å². The molecular formula is C15H24N2O3. The van der Waals surface area contributed by atoms with E-state index in [1.54, 1.807) is 0 Å². The van der Waals surface area contributed by atoms with E-state index in [-0.39, 0.29) is 6.10 Å². The molecule has 1 aliphatic heterocycles. The Kier molecular flexibility index (Phi) is 5.64. The van der Waals surface area contributed by atoms with E-state index in [0.29, 0.717) is 19.8 Å². The Balaban J connectivity index is 2.03. The normalized spacial score (nSPS) is 19.9. The zero-order valence-electron chi connectivity index (χ0n) is 12.3. The van der Waals surface area contributed by atoms with Crippen molar-refractivity contribution < 1.29 is 14.2 Å². The second kappa shape index (κ2) is 7.47. The average Bonchev–Trinajstić information content (AvgIpc) is 2.46. The zero-order chi connectivity index (χ0) is 14.4. The number of nitrogens with zero attached hydrogens (tertiary/aromatic N) is 1. The van der Waals surface area contributed by atoms with Gasteiger partial charge in [0.15, 0.2) is 11.5 Å². The first-order chi connectivity index (χ1) is 9.74. The molecule has 5 nitrogen and oxygen atoms in total. The maximum Gasteiger partial charge on any atom is 0.165 e. The van der Waals surface area contributed by atoms with Crippen LogP contribution in [0.1, 0.15) is 12.5 Å². The Bertz CT molecular complexity index is 426. The van der Waals surface area contributed by atoms with Crippen LogP contribution in [-0.4, -0.2) is 51.0 Å². The van der Waals surface area contributed by atoms with Crippen LogP contribution in [-0.2, 0) is 11.3 Å². The third-order valence-corrected chi connectivity index (χ3v) is 3.34. The van der Waals surface area contributed by atoms with E-state index in [1.807, 2.05) is 25.1 Å². The van der Waals surface area contributed by atoms with Gasteiger partial charge in [-0.15, -0.1) is 0 Å². The summed E-state index contributed by atoms with van der Waals surface area (Å²) in [6, 6.07) is 5.81. The van der Waals surface area contributed by atoms with E-state index in [4.69, 9.17) is 19.9 Å². The summed E-state index contributed by atoms with van der Waals surface area (Å²) in [5.41, 5.74) is 6.73. The predicted octanol–water partition coefficient (Wildman–Crippen LogP) is 1.25. The molecule has 0 aromatic heterocycles. The first-order valence-corrected chi connectivity index (χ1v) is 7.12. The van der Waals surface area contributed by atoms with Crippen LogP contribution >= 0.6 is 0 Å². The van der Waals surface area contributed by atoms with Gasteiger partial charge in [0.2, 0.25) is 0 Å². The minimum absolute atomic E-state index is 0.0917. The van der Waals surface area contributed by atoms with Gasteiger partial charge in [-0.3, -0.25) is 0 Å². The average molecular weight is 280 g/mol. The van der Waals surface area contributed by atoms with Gasteiger partial charge >= 0.3 is 0 Å². The maximum absolute atomic E-state index is 5.94. The van der Waals surface area contributed by atoms with Crippen LogP contribution in [0.4, 0.5) is 0 Å². The van der Waals surface area contributed by atoms with E-state index in [9.17, 15) is 0 Å². The van der Waals surface area contributed by atoms with Gasteiger partial charge in [-0.25, -0.2) is 0 Å². The lowest BCUT2D eigenvalue weighted by Crippen LogP contribution is -2.42. The third-order valence-electron chi connectivity index (χ3n) is 3.34. The summed E-state index contributed by atoms with van der Waals surface area (Å²) < 4.78 is 17.3. The fourth-order valence-corrected chi connectivity index (χ4v) is 2.30. The summed E-state index contributed by atoms with van der Waals surface area (Å²) in [6.07, 6.45) is 0.0917. The fourth-order valence-electron chi connectivity index (χ4n) is 2.30. The molecule has 1 fully saturated rings. The highest BCUT2D eigenvalue weighted by Crippen LogP contribution is 2.31. The standard InChI is InChI=1S/C15H24N2O3/c1-3-18-14-6-4-5-12(9-16)15(14)20-11-13-10-17(2)7-8-19-13/h4-6,13H,3,7-11,16H2,1-2H3. The molecule has 0 aliphatic carbocycles. The van der Waals surface area contributed by atoms with Crippen molar-refractivity contribution in [2.45, 2.75) is 19.6 Å². The van der Waals surface area contributed by atoms with Gasteiger partial charge in [-0.05, 0) is 20.0 Å². The van der Waals surface area contributed by atoms with E-state index in [1.165, 1.54) is 0 Å². The van der Waals surface area contributed by atoms with Crippen LogP contribution in [0.25, 0.3) is 0 Å². The summed E-state index contributed by atoms with van der Waals surface area (Å²) >= 11 is 0. The zero-order valence-corrected chi connectivity index (χ0v) is 12.3. The molecule has 0 bridgehead atoms. The van der Waals surface area contributed by atoms with E-state index in [2.05, 4.69) is 11.9 Å². The molecular weight excluding hydrogens is 256 g/mol. The molecule has 1 atom stereocenters. The first-order valence-electron chi connectivity index (χ1n) is 7.12. The lowest BCUT2D eigenvalue weighted by Gasteiger charge is -2.30. The van der Waals surface area contributed by atoms with Crippen LogP contribution in [0.2, 0.25) is 0 Å². The smallest absolute Gasteiger partial charge is 0.165 e. The van der Waals surface area contributed by atoms with Gasteiger partial charge in [0.1, 0.15) is 12.7 Å². The molecule has 0 spiro atoms. The van der Waals surface area contributed by atoms with E-state index >= 15 is 0 Å². The SMILES string of the molecule is CCOc1cccc(CN)c1OCC1CN(C)CCO1. The molecule has 1 aliphatic rings. The van der Waals surface area contributed by atoms with Crippen molar-refractivity contribution in [2.75, 3.05) is 40.0 Å². The summed E-state index contributed by atoms with van der Waals surface area (Å²) in [4.78, 5) is 2.25. The Labute approximate surface area is 120 Å². The molecule has 0 amide bonds. The van der Waals surface area contributed by atoms with Gasteiger partial charge < -0.3 is 24.8 Å². The van der Waals surface area contributed by atoms with Gasteiger partial charge in [-0.2, -0.15) is 0 Å². The Morgan fingerprint density at radius 3 is 2.95 bits per heavy atom. The topological polar surface area (TPSA) is 57.0 Å². The number of morpholine rings is 1. The van der Waals surface area contributed by atoms with Crippen molar-refractivity contribution in [1.29, 1.82) is 0 Å². The molecule has 1 aromatic carbocycles. The fraction of sp³-hybridized carbons (Fsp3) is 0.600. The van der Waals surface area contributed by atoms with Crippen LogP contribution in [0.5, 0.6) is 11.5 Å². The number of nitrogens with two attached hydrogens (primary N) is 1. The number of para-hydroxylation sites is 1. The van der Waals surface area contributed by atoms with Crippen molar-refractivity contribution in [3.05, 3.63) is 23.8 Å². The van der Waals surface area contributed by atoms with Crippen LogP contribution < -0.4 is 15.2 Å². The largest absolute Gasteiger partial charge is 0.490 e. The van der Waals surface area contributed by atoms with Crippen molar-refractivity contribution in [3.8, 4) is 11.5 Å².